The van der Waals surface area contributed by atoms with Crippen LogP contribution < -0.4 is 5.73 Å². The predicted octanol–water partition coefficient (Wildman–Crippen LogP) is -0.173. The van der Waals surface area contributed by atoms with Crippen LogP contribution in [0.25, 0.3) is 11.2 Å². The number of hydrogen-bond acceptors (Lipinski definition) is 6. The number of aliphatic hydroxyl groups is 2. The molecule has 3 rings (SSSR count). The number of nitrogens with two attached hydrogens (primary N) is 1. The molecule has 2 aromatic heterocycles. The smallest absolute Gasteiger partial charge is 0.166 e. The molecule has 20 heavy (non-hydrogen) atoms. The van der Waals surface area contributed by atoms with Gasteiger partial charge in [-0.2, -0.15) is 0 Å². The van der Waals surface area contributed by atoms with Crippen LogP contribution in [-0.4, -0.2) is 48.6 Å². The van der Waals surface area contributed by atoms with Crippen LogP contribution in [0.4, 0.5) is 10.2 Å². The standard InChI is InChI=1S/C12H14FN5O2/c1-5-6(2-19)10(20)7(13)9(5)18-4-17-8-11(14)15-3-16-12(8)18/h3-4,6-7,9-10,19-20H,1-2H2,(H2,14,15,16)/t6-,7+,9+,10+/m0/s1. The van der Waals surface area contributed by atoms with E-state index in [4.69, 9.17) is 5.73 Å². The van der Waals surface area contributed by atoms with Crippen LogP contribution in [0.3, 0.4) is 0 Å². The molecule has 7 nitrogen and oxygen atoms in total. The summed E-state index contributed by atoms with van der Waals surface area (Å²) in [5, 5.41) is 19.1. The first-order valence-electron chi connectivity index (χ1n) is 6.11. The summed E-state index contributed by atoms with van der Waals surface area (Å²) in [6.07, 6.45) is -0.229. The van der Waals surface area contributed by atoms with E-state index < -0.39 is 24.2 Å². The zero-order chi connectivity index (χ0) is 14.4. The Morgan fingerprint density at radius 1 is 1.40 bits per heavy atom. The fraction of sp³-hybridized carbons (Fsp3) is 0.417. The van der Waals surface area contributed by atoms with E-state index >= 15 is 0 Å². The average molecular weight is 279 g/mol. The van der Waals surface area contributed by atoms with Gasteiger partial charge < -0.3 is 20.5 Å². The van der Waals surface area contributed by atoms with Crippen molar-refractivity contribution in [1.82, 2.24) is 19.5 Å². The van der Waals surface area contributed by atoms with Gasteiger partial charge in [-0.05, 0) is 5.57 Å². The van der Waals surface area contributed by atoms with Gasteiger partial charge in [-0.3, -0.25) is 0 Å². The molecule has 4 N–H and O–H groups in total. The summed E-state index contributed by atoms with van der Waals surface area (Å²) in [5.41, 5.74) is 6.83. The van der Waals surface area contributed by atoms with Crippen molar-refractivity contribution in [2.75, 3.05) is 12.3 Å². The molecular formula is C12H14FN5O2. The highest BCUT2D eigenvalue weighted by atomic mass is 19.1. The quantitative estimate of drug-likeness (QED) is 0.658. The molecule has 1 saturated carbocycles. The minimum absolute atomic E-state index is 0.201. The van der Waals surface area contributed by atoms with Crippen LogP contribution in [0.1, 0.15) is 6.04 Å². The molecule has 1 fully saturated rings. The molecule has 106 valence electrons. The molecule has 4 atom stereocenters. The van der Waals surface area contributed by atoms with Crippen molar-refractivity contribution in [3.63, 3.8) is 0 Å². The highest BCUT2D eigenvalue weighted by molar-refractivity contribution is 5.81. The number of nitrogens with zero attached hydrogens (tertiary/aromatic N) is 4. The molecule has 8 heteroatoms. The van der Waals surface area contributed by atoms with Crippen molar-refractivity contribution >= 4 is 17.0 Å². The minimum atomic E-state index is -1.59. The first kappa shape index (κ1) is 12.9. The number of alkyl halides is 1. The Bertz CT molecular complexity index is 673. The molecule has 0 aromatic carbocycles. The Balaban J connectivity index is 2.12. The van der Waals surface area contributed by atoms with Gasteiger partial charge in [0.15, 0.2) is 17.6 Å². The SMILES string of the molecule is C=C1[C@@H](n2cnc3c(N)ncnc32)[C@@H](F)[C@H](O)[C@H]1CO. The highest BCUT2D eigenvalue weighted by Crippen LogP contribution is 2.42. The van der Waals surface area contributed by atoms with E-state index in [1.165, 1.54) is 17.2 Å². The van der Waals surface area contributed by atoms with E-state index in [0.717, 1.165) is 0 Å². The van der Waals surface area contributed by atoms with Crippen molar-refractivity contribution in [1.29, 1.82) is 0 Å². The molecule has 1 aliphatic carbocycles. The van der Waals surface area contributed by atoms with Crippen LogP contribution >= 0.6 is 0 Å². The van der Waals surface area contributed by atoms with Crippen molar-refractivity contribution in [2.24, 2.45) is 5.92 Å². The lowest BCUT2D eigenvalue weighted by molar-refractivity contribution is 0.0426. The van der Waals surface area contributed by atoms with Gasteiger partial charge in [0.1, 0.15) is 11.8 Å². The Morgan fingerprint density at radius 2 is 2.15 bits per heavy atom. The summed E-state index contributed by atoms with van der Waals surface area (Å²) in [6.45, 7) is 3.43. The van der Waals surface area contributed by atoms with Crippen LogP contribution in [0, 0.1) is 5.92 Å². The van der Waals surface area contributed by atoms with Crippen LogP contribution in [0.15, 0.2) is 24.8 Å². The monoisotopic (exact) mass is 279 g/mol. The first-order valence-corrected chi connectivity index (χ1v) is 6.11. The number of anilines is 1. The maximum Gasteiger partial charge on any atom is 0.166 e. The van der Waals surface area contributed by atoms with Gasteiger partial charge in [0.25, 0.3) is 0 Å². The van der Waals surface area contributed by atoms with E-state index in [0.29, 0.717) is 16.7 Å². The Kier molecular flexibility index (Phi) is 2.91. The summed E-state index contributed by atoms with van der Waals surface area (Å²) in [7, 11) is 0. The van der Waals surface area contributed by atoms with E-state index in [1.54, 1.807) is 0 Å². The van der Waals surface area contributed by atoms with Gasteiger partial charge in [0.2, 0.25) is 0 Å². The fourth-order valence-corrected chi connectivity index (χ4v) is 2.68. The number of rotatable bonds is 2. The predicted molar refractivity (Wildman–Crippen MR) is 69.4 cm³/mol. The van der Waals surface area contributed by atoms with Gasteiger partial charge in [-0.25, -0.2) is 19.3 Å². The van der Waals surface area contributed by atoms with Gasteiger partial charge in [0.05, 0.1) is 25.1 Å². The topological polar surface area (TPSA) is 110 Å². The van der Waals surface area contributed by atoms with E-state index in [2.05, 4.69) is 21.5 Å². The van der Waals surface area contributed by atoms with Crippen molar-refractivity contribution in [3.05, 3.63) is 24.8 Å². The number of imidazole rings is 1. The zero-order valence-electron chi connectivity index (χ0n) is 10.5. The maximum absolute atomic E-state index is 14.3. The number of halogens is 1. The molecule has 2 heterocycles. The molecule has 0 aliphatic heterocycles. The van der Waals surface area contributed by atoms with Crippen LogP contribution in [0.2, 0.25) is 0 Å². The molecule has 0 unspecified atom stereocenters. The van der Waals surface area contributed by atoms with E-state index in [9.17, 15) is 14.6 Å². The third kappa shape index (κ3) is 1.61. The number of nitrogen functional groups attached to an aromatic ring is 1. The third-order valence-electron chi connectivity index (χ3n) is 3.78. The number of hydrogen-bond donors (Lipinski definition) is 3. The molecule has 2 aromatic rings. The Morgan fingerprint density at radius 3 is 2.80 bits per heavy atom. The molecule has 0 spiro atoms. The van der Waals surface area contributed by atoms with Crippen molar-refractivity contribution in [2.45, 2.75) is 18.3 Å². The molecule has 0 amide bonds. The van der Waals surface area contributed by atoms with Crippen molar-refractivity contribution in [3.8, 4) is 0 Å². The lowest BCUT2D eigenvalue weighted by atomic mass is 10.0. The zero-order valence-corrected chi connectivity index (χ0v) is 10.5. The van der Waals surface area contributed by atoms with Gasteiger partial charge in [0, 0.05) is 5.92 Å². The van der Waals surface area contributed by atoms with Gasteiger partial charge in [-0.1, -0.05) is 6.58 Å². The largest absolute Gasteiger partial charge is 0.396 e. The molecule has 1 aliphatic rings. The van der Waals surface area contributed by atoms with Gasteiger partial charge >= 0.3 is 0 Å². The summed E-state index contributed by atoms with van der Waals surface area (Å²) in [4.78, 5) is 11.9. The molecule has 0 saturated heterocycles. The Labute approximate surface area is 113 Å². The molecule has 0 radical (unpaired) electrons. The van der Waals surface area contributed by atoms with E-state index in [-0.39, 0.29) is 12.4 Å². The van der Waals surface area contributed by atoms with Crippen molar-refractivity contribution < 1.29 is 14.6 Å². The first-order chi connectivity index (χ1) is 9.56. The van der Waals surface area contributed by atoms with Crippen LogP contribution in [0.5, 0.6) is 0 Å². The number of aromatic nitrogens is 4. The fourth-order valence-electron chi connectivity index (χ4n) is 2.68. The third-order valence-corrected chi connectivity index (χ3v) is 3.78. The lowest BCUT2D eigenvalue weighted by Gasteiger charge is -2.17. The molecular weight excluding hydrogens is 265 g/mol. The van der Waals surface area contributed by atoms with Gasteiger partial charge in [-0.15, -0.1) is 0 Å². The summed E-state index contributed by atoms with van der Waals surface area (Å²) >= 11 is 0. The Hall–Kier alpha value is -2.06. The summed E-state index contributed by atoms with van der Waals surface area (Å²) in [5.74, 6) is -0.501. The minimum Gasteiger partial charge on any atom is -0.396 e. The van der Waals surface area contributed by atoms with Crippen LogP contribution in [-0.2, 0) is 0 Å². The number of fused-ring (bicyclic) bond motifs is 1. The second-order valence-electron chi connectivity index (χ2n) is 4.83. The number of aliphatic hydroxyl groups excluding tert-OH is 2. The second-order valence-corrected chi connectivity index (χ2v) is 4.83. The lowest BCUT2D eigenvalue weighted by Crippen LogP contribution is -2.26. The van der Waals surface area contributed by atoms with E-state index in [1.807, 2.05) is 0 Å². The molecule has 0 bridgehead atoms. The average Bonchev–Trinajstić information content (AvgIpc) is 2.92. The highest BCUT2D eigenvalue weighted by Gasteiger charge is 2.47. The summed E-state index contributed by atoms with van der Waals surface area (Å²) < 4.78 is 15.8. The maximum atomic E-state index is 14.3. The summed E-state index contributed by atoms with van der Waals surface area (Å²) in [6, 6.07) is -0.832. The second kappa shape index (κ2) is 4.50. The normalized spacial score (nSPS) is 30.2.